The molecular weight excluding hydrogens is 314 g/mol. The third kappa shape index (κ3) is 7.45. The first-order valence-corrected chi connectivity index (χ1v) is 9.48. The van der Waals surface area contributed by atoms with Gasteiger partial charge >= 0.3 is 6.03 Å². The molecule has 2 atom stereocenters. The molecule has 0 saturated carbocycles. The summed E-state index contributed by atoms with van der Waals surface area (Å²) < 4.78 is 0. The molecule has 2 rings (SSSR count). The number of amides is 2. The van der Waals surface area contributed by atoms with Crippen LogP contribution in [0.3, 0.4) is 0 Å². The zero-order valence-electron chi connectivity index (χ0n) is 15.6. The molecule has 1 saturated heterocycles. The molecule has 1 aromatic rings. The number of nitrogens with one attached hydrogen (secondary N) is 2. The molecule has 25 heavy (non-hydrogen) atoms. The smallest absolute Gasteiger partial charge is 0.314 e. The van der Waals surface area contributed by atoms with E-state index < -0.39 is 0 Å². The van der Waals surface area contributed by atoms with E-state index in [9.17, 15) is 9.90 Å². The van der Waals surface area contributed by atoms with E-state index in [2.05, 4.69) is 22.6 Å². The Morgan fingerprint density at radius 3 is 2.56 bits per heavy atom. The largest absolute Gasteiger partial charge is 0.393 e. The van der Waals surface area contributed by atoms with Gasteiger partial charge in [0.1, 0.15) is 0 Å². The Morgan fingerprint density at radius 1 is 1.24 bits per heavy atom. The van der Waals surface area contributed by atoms with Crippen LogP contribution in [-0.2, 0) is 0 Å². The molecule has 0 aliphatic carbocycles. The zero-order valence-corrected chi connectivity index (χ0v) is 15.6. The average Bonchev–Trinajstić information content (AvgIpc) is 2.61. The van der Waals surface area contributed by atoms with E-state index >= 15 is 0 Å². The Bertz CT molecular complexity index is 499. The van der Waals surface area contributed by atoms with E-state index in [4.69, 9.17) is 0 Å². The van der Waals surface area contributed by atoms with Gasteiger partial charge in [0, 0.05) is 19.0 Å². The Kier molecular flexibility index (Phi) is 8.22. The number of nitrogens with zero attached hydrogens (tertiary/aromatic N) is 1. The molecule has 0 bridgehead atoms. The van der Waals surface area contributed by atoms with Gasteiger partial charge in [-0.2, -0.15) is 0 Å². The van der Waals surface area contributed by atoms with Gasteiger partial charge in [-0.05, 0) is 64.2 Å². The number of rotatable bonds is 8. The Labute approximate surface area is 151 Å². The van der Waals surface area contributed by atoms with Crippen LogP contribution in [-0.4, -0.2) is 55.4 Å². The molecule has 140 valence electrons. The minimum absolute atomic E-state index is 0.112. The lowest BCUT2D eigenvalue weighted by Gasteiger charge is -2.28. The van der Waals surface area contributed by atoms with Gasteiger partial charge < -0.3 is 20.6 Å². The second kappa shape index (κ2) is 10.4. The highest BCUT2D eigenvalue weighted by atomic mass is 16.3. The summed E-state index contributed by atoms with van der Waals surface area (Å²) in [6.45, 7) is 5.38. The number of hydrogen-bond acceptors (Lipinski definition) is 3. The van der Waals surface area contributed by atoms with Crippen molar-refractivity contribution in [2.45, 2.75) is 44.6 Å². The molecule has 1 aromatic carbocycles. The van der Waals surface area contributed by atoms with Crippen molar-refractivity contribution in [3.8, 4) is 0 Å². The number of urea groups is 1. The monoisotopic (exact) mass is 347 g/mol. The van der Waals surface area contributed by atoms with E-state index in [1.165, 1.54) is 12.8 Å². The molecule has 2 amide bonds. The number of piperidine rings is 1. The molecule has 1 aliphatic rings. The predicted octanol–water partition coefficient (Wildman–Crippen LogP) is 2.57. The van der Waals surface area contributed by atoms with E-state index in [0.717, 1.165) is 37.5 Å². The van der Waals surface area contributed by atoms with Gasteiger partial charge in [0.25, 0.3) is 0 Å². The highest BCUT2D eigenvalue weighted by Gasteiger charge is 2.17. The molecule has 0 spiro atoms. The highest BCUT2D eigenvalue weighted by Crippen LogP contribution is 2.20. The van der Waals surface area contributed by atoms with Crippen LogP contribution >= 0.6 is 0 Å². The van der Waals surface area contributed by atoms with Gasteiger partial charge in [-0.3, -0.25) is 0 Å². The average molecular weight is 348 g/mol. The van der Waals surface area contributed by atoms with Crippen LogP contribution in [0.2, 0.25) is 0 Å². The maximum Gasteiger partial charge on any atom is 0.314 e. The number of hydrogen-bond donors (Lipinski definition) is 3. The van der Waals surface area contributed by atoms with Crippen LogP contribution in [0, 0.1) is 5.92 Å². The summed E-state index contributed by atoms with van der Waals surface area (Å²) in [5.41, 5.74) is 1.15. The minimum atomic E-state index is -0.389. The number of likely N-dealkylation sites (tertiary alicyclic amines) is 1. The molecule has 3 N–H and O–H groups in total. The number of carbonyl (C=O) groups excluding carboxylic acids is 1. The second-order valence-corrected chi connectivity index (χ2v) is 7.36. The van der Waals surface area contributed by atoms with Gasteiger partial charge in [0.05, 0.1) is 6.10 Å². The first-order valence-electron chi connectivity index (χ1n) is 9.48. The molecule has 0 aromatic heterocycles. The number of carbonyl (C=O) groups is 1. The third-order valence-corrected chi connectivity index (χ3v) is 5.08. The van der Waals surface area contributed by atoms with Gasteiger partial charge in [-0.25, -0.2) is 4.79 Å². The molecule has 0 radical (unpaired) electrons. The standard InChI is InChI=1S/C20H33N3O2/c1-16(24)14-19(18-6-4-3-5-7-18)15-22-20(25)21-11-8-17-9-12-23(2)13-10-17/h3-7,16-17,19,24H,8-15H2,1-2H3,(H2,21,22,25). The van der Waals surface area contributed by atoms with E-state index in [1.807, 2.05) is 30.3 Å². The molecule has 1 aliphatic heterocycles. The number of aliphatic hydroxyl groups is 1. The van der Waals surface area contributed by atoms with E-state index in [1.54, 1.807) is 6.92 Å². The van der Waals surface area contributed by atoms with Crippen molar-refractivity contribution >= 4 is 6.03 Å². The fourth-order valence-corrected chi connectivity index (χ4v) is 3.49. The van der Waals surface area contributed by atoms with Gasteiger partial charge in [-0.15, -0.1) is 0 Å². The van der Waals surface area contributed by atoms with Crippen molar-refractivity contribution in [3.05, 3.63) is 35.9 Å². The SMILES string of the molecule is CC(O)CC(CNC(=O)NCCC1CCN(C)CC1)c1ccccc1. The summed E-state index contributed by atoms with van der Waals surface area (Å²) >= 11 is 0. The number of benzene rings is 1. The van der Waals surface area contributed by atoms with Crippen LogP contribution in [0.4, 0.5) is 4.79 Å². The molecule has 5 nitrogen and oxygen atoms in total. The fourth-order valence-electron chi connectivity index (χ4n) is 3.49. The quantitative estimate of drug-likeness (QED) is 0.677. The van der Waals surface area contributed by atoms with Crippen LogP contribution in [0.1, 0.15) is 44.1 Å². The summed E-state index contributed by atoms with van der Waals surface area (Å²) in [4.78, 5) is 14.4. The van der Waals surface area contributed by atoms with Crippen LogP contribution in [0.25, 0.3) is 0 Å². The molecule has 1 heterocycles. The Hall–Kier alpha value is -1.59. The van der Waals surface area contributed by atoms with Crippen molar-refractivity contribution in [2.75, 3.05) is 33.2 Å². The number of aliphatic hydroxyl groups excluding tert-OH is 1. The van der Waals surface area contributed by atoms with Crippen LogP contribution in [0.5, 0.6) is 0 Å². The zero-order chi connectivity index (χ0) is 18.1. The van der Waals surface area contributed by atoms with Gasteiger partial charge in [-0.1, -0.05) is 30.3 Å². The summed E-state index contributed by atoms with van der Waals surface area (Å²) in [6, 6.07) is 9.95. The fraction of sp³-hybridized carbons (Fsp3) is 0.650. The molecule has 2 unspecified atom stereocenters. The van der Waals surface area contributed by atoms with Crippen LogP contribution < -0.4 is 10.6 Å². The van der Waals surface area contributed by atoms with Crippen LogP contribution in [0.15, 0.2) is 30.3 Å². The maximum atomic E-state index is 12.1. The predicted molar refractivity (Wildman–Crippen MR) is 102 cm³/mol. The summed E-state index contributed by atoms with van der Waals surface area (Å²) in [5, 5.41) is 15.7. The summed E-state index contributed by atoms with van der Waals surface area (Å²) in [6.07, 6.45) is 3.75. The third-order valence-electron chi connectivity index (χ3n) is 5.08. The normalized spacial score (nSPS) is 18.5. The van der Waals surface area contributed by atoms with Crippen molar-refractivity contribution in [3.63, 3.8) is 0 Å². The van der Waals surface area contributed by atoms with Crippen molar-refractivity contribution in [2.24, 2.45) is 5.92 Å². The molecule has 1 fully saturated rings. The molecule has 5 heteroatoms. The Morgan fingerprint density at radius 2 is 1.92 bits per heavy atom. The lowest BCUT2D eigenvalue weighted by Crippen LogP contribution is -2.39. The maximum absolute atomic E-state index is 12.1. The van der Waals surface area contributed by atoms with Gasteiger partial charge in [0.2, 0.25) is 0 Å². The molecular formula is C20H33N3O2. The first kappa shape index (κ1) is 19.7. The lowest BCUT2D eigenvalue weighted by molar-refractivity contribution is 0.173. The topological polar surface area (TPSA) is 64.6 Å². The Balaban J connectivity index is 1.69. The van der Waals surface area contributed by atoms with E-state index in [0.29, 0.717) is 13.0 Å². The van der Waals surface area contributed by atoms with Gasteiger partial charge in [0.15, 0.2) is 0 Å². The summed E-state index contributed by atoms with van der Waals surface area (Å²) in [7, 11) is 2.16. The minimum Gasteiger partial charge on any atom is -0.393 e. The van der Waals surface area contributed by atoms with E-state index in [-0.39, 0.29) is 18.1 Å². The van der Waals surface area contributed by atoms with Crippen molar-refractivity contribution < 1.29 is 9.90 Å². The highest BCUT2D eigenvalue weighted by molar-refractivity contribution is 5.73. The lowest BCUT2D eigenvalue weighted by atomic mass is 9.93. The first-order chi connectivity index (χ1) is 12.0. The van der Waals surface area contributed by atoms with Crippen molar-refractivity contribution in [1.82, 2.24) is 15.5 Å². The summed E-state index contributed by atoms with van der Waals surface area (Å²) in [5.74, 6) is 0.852. The second-order valence-electron chi connectivity index (χ2n) is 7.36. The van der Waals surface area contributed by atoms with Crippen molar-refractivity contribution in [1.29, 1.82) is 0 Å².